The maximum atomic E-state index is 13.0. The number of hydrogen-bond donors (Lipinski definition) is 4. The number of hydrogen-bond acceptors (Lipinski definition) is 8. The molecule has 1 saturated carbocycles. The average molecular weight is 412 g/mol. The van der Waals surface area contributed by atoms with Gasteiger partial charge in [-0.3, -0.25) is 9.59 Å². The summed E-state index contributed by atoms with van der Waals surface area (Å²) in [5.74, 6) is -0.281. The summed E-state index contributed by atoms with van der Waals surface area (Å²) in [5, 5.41) is 39.6. The molecule has 0 aromatic heterocycles. The van der Waals surface area contributed by atoms with Gasteiger partial charge in [-0.25, -0.2) is 0 Å². The molecule has 0 aromatic rings. The van der Waals surface area contributed by atoms with Crippen molar-refractivity contribution in [2.24, 2.45) is 17.8 Å². The average Bonchev–Trinajstić information content (AvgIpc) is 2.86. The van der Waals surface area contributed by atoms with Crippen molar-refractivity contribution in [1.29, 1.82) is 0 Å². The lowest BCUT2D eigenvalue weighted by atomic mass is 9.81. The lowest BCUT2D eigenvalue weighted by Gasteiger charge is -2.44. The van der Waals surface area contributed by atoms with E-state index in [1.54, 1.807) is 13.8 Å². The van der Waals surface area contributed by atoms with Crippen LogP contribution in [0.15, 0.2) is 11.1 Å². The molecule has 8 heteroatoms. The van der Waals surface area contributed by atoms with Gasteiger partial charge in [0.2, 0.25) is 0 Å². The van der Waals surface area contributed by atoms with Gasteiger partial charge < -0.3 is 29.9 Å². The predicted molar refractivity (Wildman–Crippen MR) is 102 cm³/mol. The molecule has 8 unspecified atom stereocenters. The van der Waals surface area contributed by atoms with E-state index < -0.39 is 48.8 Å². The Hall–Kier alpha value is -1.16. The quantitative estimate of drug-likeness (QED) is 0.511. The van der Waals surface area contributed by atoms with Crippen LogP contribution in [0.1, 0.15) is 47.0 Å². The zero-order chi connectivity index (χ0) is 21.7. The second-order valence-electron chi connectivity index (χ2n) is 9.21. The van der Waals surface area contributed by atoms with Crippen LogP contribution in [0.2, 0.25) is 0 Å². The van der Waals surface area contributed by atoms with Crippen LogP contribution in [0.3, 0.4) is 0 Å². The Bertz CT molecular complexity index is 697. The Kier molecular flexibility index (Phi) is 6.34. The number of Topliss-reactive ketones (excluding diaryl/α,β-unsaturated/α-hetero) is 2. The van der Waals surface area contributed by atoms with E-state index in [4.69, 9.17) is 9.47 Å². The van der Waals surface area contributed by atoms with Crippen LogP contribution in [0, 0.1) is 17.8 Å². The fourth-order valence-corrected chi connectivity index (χ4v) is 4.90. The monoisotopic (exact) mass is 412 g/mol. The molecule has 4 N–H and O–H groups in total. The zero-order valence-corrected chi connectivity index (χ0v) is 17.4. The molecular formula is C21H32O8. The van der Waals surface area contributed by atoms with Crippen molar-refractivity contribution in [3.63, 3.8) is 0 Å². The van der Waals surface area contributed by atoms with Gasteiger partial charge in [-0.1, -0.05) is 12.5 Å². The number of ketones is 2. The van der Waals surface area contributed by atoms with Gasteiger partial charge in [-0.2, -0.15) is 0 Å². The summed E-state index contributed by atoms with van der Waals surface area (Å²) in [6, 6.07) is 0. The molecule has 1 saturated heterocycles. The highest BCUT2D eigenvalue weighted by molar-refractivity contribution is 5.99. The number of carbonyl (C=O) groups excluding carboxylic acids is 2. The summed E-state index contributed by atoms with van der Waals surface area (Å²) in [5.41, 5.74) is 0.659. The maximum Gasteiger partial charge on any atom is 0.187 e. The SMILES string of the molecule is CC1=C2CC(C(C)(C)OC3OC(CO)C(O)C(O)C3O)C(=O)CC(C)C2CC1=O. The van der Waals surface area contributed by atoms with Crippen LogP contribution in [-0.4, -0.2) is 74.9 Å². The van der Waals surface area contributed by atoms with E-state index in [2.05, 4.69) is 0 Å². The summed E-state index contributed by atoms with van der Waals surface area (Å²) < 4.78 is 11.4. The molecule has 29 heavy (non-hydrogen) atoms. The second kappa shape index (κ2) is 8.17. The summed E-state index contributed by atoms with van der Waals surface area (Å²) in [6.45, 7) is 6.68. The topological polar surface area (TPSA) is 134 Å². The smallest absolute Gasteiger partial charge is 0.187 e. The third-order valence-electron chi connectivity index (χ3n) is 6.88. The van der Waals surface area contributed by atoms with E-state index in [9.17, 15) is 30.0 Å². The first-order valence-corrected chi connectivity index (χ1v) is 10.2. The van der Waals surface area contributed by atoms with E-state index in [-0.39, 0.29) is 23.4 Å². The summed E-state index contributed by atoms with van der Waals surface area (Å²) in [7, 11) is 0. The molecule has 0 aromatic carbocycles. The zero-order valence-electron chi connectivity index (χ0n) is 17.4. The van der Waals surface area contributed by atoms with E-state index >= 15 is 0 Å². The van der Waals surface area contributed by atoms with Crippen LogP contribution in [-0.2, 0) is 19.1 Å². The standard InChI is InChI=1S/C21H32O8/c1-9-5-15(24)13(6-12-10(2)14(23)7-11(9)12)21(3,4)29-20-19(27)18(26)17(25)16(8-22)28-20/h9,11,13,16-20,22,25-27H,5-8H2,1-4H3. The van der Waals surface area contributed by atoms with Gasteiger partial charge in [0.1, 0.15) is 30.2 Å². The van der Waals surface area contributed by atoms with Crippen LogP contribution >= 0.6 is 0 Å². The molecule has 2 aliphatic carbocycles. The first kappa shape index (κ1) is 22.5. The van der Waals surface area contributed by atoms with Crippen molar-refractivity contribution >= 4 is 11.6 Å². The second-order valence-corrected chi connectivity index (χ2v) is 9.21. The Morgan fingerprint density at radius 3 is 2.34 bits per heavy atom. The van der Waals surface area contributed by atoms with Crippen LogP contribution in [0.5, 0.6) is 0 Å². The Labute approximate surface area is 170 Å². The lowest BCUT2D eigenvalue weighted by molar-refractivity contribution is -0.327. The van der Waals surface area contributed by atoms with Crippen LogP contribution in [0.25, 0.3) is 0 Å². The van der Waals surface area contributed by atoms with Crippen molar-refractivity contribution in [1.82, 2.24) is 0 Å². The summed E-state index contributed by atoms with van der Waals surface area (Å²) in [6.07, 6.45) is -5.78. The maximum absolute atomic E-state index is 13.0. The predicted octanol–water partition coefficient (Wildman–Crippen LogP) is 0.102. The lowest BCUT2D eigenvalue weighted by Crippen LogP contribution is -2.61. The number of ether oxygens (including phenoxy) is 2. The highest BCUT2D eigenvalue weighted by Crippen LogP contribution is 2.46. The minimum Gasteiger partial charge on any atom is -0.394 e. The van der Waals surface area contributed by atoms with Gasteiger partial charge >= 0.3 is 0 Å². The number of allylic oxidation sites excluding steroid dienone is 2. The molecule has 3 aliphatic rings. The van der Waals surface area contributed by atoms with Gasteiger partial charge in [0, 0.05) is 12.8 Å². The fraction of sp³-hybridized carbons (Fsp3) is 0.810. The molecule has 0 spiro atoms. The first-order valence-electron chi connectivity index (χ1n) is 10.2. The number of aliphatic hydroxyl groups excluding tert-OH is 4. The minimum atomic E-state index is -1.55. The van der Waals surface area contributed by atoms with Crippen molar-refractivity contribution in [2.45, 2.75) is 83.3 Å². The van der Waals surface area contributed by atoms with Gasteiger partial charge in [0.25, 0.3) is 0 Å². The number of aliphatic hydroxyl groups is 4. The molecule has 164 valence electrons. The molecule has 0 amide bonds. The van der Waals surface area contributed by atoms with E-state index in [1.807, 2.05) is 13.8 Å². The molecule has 2 fully saturated rings. The van der Waals surface area contributed by atoms with E-state index in [0.29, 0.717) is 19.3 Å². The normalized spacial score (nSPS) is 41.5. The molecule has 3 rings (SSSR count). The van der Waals surface area contributed by atoms with Crippen molar-refractivity contribution in [3.8, 4) is 0 Å². The molecule has 0 radical (unpaired) electrons. The Morgan fingerprint density at radius 2 is 1.72 bits per heavy atom. The van der Waals surface area contributed by atoms with Gasteiger partial charge in [0.15, 0.2) is 12.1 Å². The fourth-order valence-electron chi connectivity index (χ4n) is 4.90. The van der Waals surface area contributed by atoms with E-state index in [0.717, 1.165) is 11.1 Å². The third-order valence-corrected chi connectivity index (χ3v) is 6.88. The van der Waals surface area contributed by atoms with Gasteiger partial charge in [0.05, 0.1) is 18.1 Å². The third kappa shape index (κ3) is 4.06. The van der Waals surface area contributed by atoms with Gasteiger partial charge in [-0.15, -0.1) is 0 Å². The molecule has 8 atom stereocenters. The summed E-state index contributed by atoms with van der Waals surface area (Å²) in [4.78, 5) is 25.3. The molecule has 8 nitrogen and oxygen atoms in total. The Morgan fingerprint density at radius 1 is 1.07 bits per heavy atom. The van der Waals surface area contributed by atoms with Crippen LogP contribution < -0.4 is 0 Å². The first-order chi connectivity index (χ1) is 13.5. The van der Waals surface area contributed by atoms with E-state index in [1.165, 1.54) is 0 Å². The minimum absolute atomic E-state index is 0.0224. The highest BCUT2D eigenvalue weighted by Gasteiger charge is 2.50. The number of carbonyl (C=O) groups is 2. The molecular weight excluding hydrogens is 380 g/mol. The van der Waals surface area contributed by atoms with Crippen molar-refractivity contribution in [3.05, 3.63) is 11.1 Å². The number of fused-ring (bicyclic) bond motifs is 1. The molecule has 0 bridgehead atoms. The number of rotatable bonds is 4. The summed E-state index contributed by atoms with van der Waals surface area (Å²) >= 11 is 0. The van der Waals surface area contributed by atoms with Crippen molar-refractivity contribution < 1.29 is 39.5 Å². The molecule has 1 heterocycles. The highest BCUT2D eigenvalue weighted by atomic mass is 16.7. The largest absolute Gasteiger partial charge is 0.394 e. The Balaban J connectivity index is 1.84. The molecule has 1 aliphatic heterocycles. The van der Waals surface area contributed by atoms with Crippen molar-refractivity contribution in [2.75, 3.05) is 6.61 Å². The van der Waals surface area contributed by atoms with Gasteiger partial charge in [-0.05, 0) is 44.6 Å². The van der Waals surface area contributed by atoms with Crippen LogP contribution in [0.4, 0.5) is 0 Å².